The normalized spacial score (nSPS) is 17.5. The highest BCUT2D eigenvalue weighted by Crippen LogP contribution is 2.24. The van der Waals surface area contributed by atoms with Crippen LogP contribution < -0.4 is 0 Å². The Morgan fingerprint density at radius 2 is 1.91 bits per heavy atom. The summed E-state index contributed by atoms with van der Waals surface area (Å²) < 4.78 is 0. The molecular weight excluding hydrogens is 312 g/mol. The molecule has 0 aromatic carbocycles. The molecule has 1 saturated heterocycles. The molecule has 124 valence electrons. The van der Waals surface area contributed by atoms with E-state index in [1.807, 2.05) is 25.1 Å². The largest absolute Gasteiger partial charge is 0.339 e. The molecule has 1 atom stereocenters. The van der Waals surface area contributed by atoms with Gasteiger partial charge in [-0.25, -0.2) is 0 Å². The van der Waals surface area contributed by atoms with Gasteiger partial charge in [0.15, 0.2) is 0 Å². The molecule has 1 rings (SSSR count). The summed E-state index contributed by atoms with van der Waals surface area (Å²) >= 11 is 1.55. The van der Waals surface area contributed by atoms with Crippen LogP contribution in [0.3, 0.4) is 0 Å². The molecular formula is C16H22N4O2S. The van der Waals surface area contributed by atoms with E-state index < -0.39 is 6.04 Å². The van der Waals surface area contributed by atoms with E-state index in [1.54, 1.807) is 23.6 Å². The van der Waals surface area contributed by atoms with Gasteiger partial charge in [0.1, 0.15) is 6.04 Å². The maximum Gasteiger partial charge on any atom is 0.250 e. The van der Waals surface area contributed by atoms with Crippen molar-refractivity contribution in [1.82, 2.24) is 9.80 Å². The lowest BCUT2D eigenvalue weighted by Crippen LogP contribution is -2.49. The van der Waals surface area contributed by atoms with E-state index in [1.165, 1.54) is 4.90 Å². The molecule has 1 aliphatic rings. The smallest absolute Gasteiger partial charge is 0.250 e. The second-order valence-corrected chi connectivity index (χ2v) is 6.23. The molecule has 0 spiro atoms. The molecule has 0 aromatic rings. The zero-order chi connectivity index (χ0) is 17.2. The van der Waals surface area contributed by atoms with Gasteiger partial charge in [-0.1, -0.05) is 13.0 Å². The van der Waals surface area contributed by atoms with Crippen molar-refractivity contribution in [2.75, 3.05) is 24.7 Å². The third-order valence-electron chi connectivity index (χ3n) is 3.57. The van der Waals surface area contributed by atoms with Crippen LogP contribution in [0.1, 0.15) is 33.1 Å². The quantitative estimate of drug-likeness (QED) is 0.664. The van der Waals surface area contributed by atoms with E-state index in [2.05, 4.69) is 0 Å². The summed E-state index contributed by atoms with van der Waals surface area (Å²) in [5.41, 5.74) is 0.647. The van der Waals surface area contributed by atoms with Crippen molar-refractivity contribution in [3.05, 3.63) is 11.6 Å². The Kier molecular flexibility index (Phi) is 8.21. The summed E-state index contributed by atoms with van der Waals surface area (Å²) in [6.45, 7) is 4.32. The molecule has 1 fully saturated rings. The molecule has 1 heterocycles. The molecule has 7 heteroatoms. The summed E-state index contributed by atoms with van der Waals surface area (Å²) in [7, 11) is 0. The van der Waals surface area contributed by atoms with Crippen molar-refractivity contribution in [3.8, 4) is 12.1 Å². The van der Waals surface area contributed by atoms with Gasteiger partial charge in [0.05, 0.1) is 30.9 Å². The maximum atomic E-state index is 12.7. The van der Waals surface area contributed by atoms with Gasteiger partial charge < -0.3 is 9.80 Å². The summed E-state index contributed by atoms with van der Waals surface area (Å²) in [4.78, 5) is 28.3. The van der Waals surface area contributed by atoms with Crippen LogP contribution in [-0.2, 0) is 9.59 Å². The molecule has 23 heavy (non-hydrogen) atoms. The third kappa shape index (κ3) is 5.30. The first-order chi connectivity index (χ1) is 11.1. The maximum absolute atomic E-state index is 12.7. The van der Waals surface area contributed by atoms with Crippen molar-refractivity contribution in [3.63, 3.8) is 0 Å². The van der Waals surface area contributed by atoms with Crippen LogP contribution in [0.15, 0.2) is 11.6 Å². The van der Waals surface area contributed by atoms with E-state index in [4.69, 9.17) is 10.5 Å². The lowest BCUT2D eigenvalue weighted by Gasteiger charge is -2.29. The molecule has 0 bridgehead atoms. The van der Waals surface area contributed by atoms with E-state index >= 15 is 0 Å². The molecule has 6 nitrogen and oxygen atoms in total. The molecule has 0 N–H and O–H groups in total. The highest BCUT2D eigenvalue weighted by molar-refractivity contribution is 7.99. The van der Waals surface area contributed by atoms with Crippen LogP contribution in [0.25, 0.3) is 0 Å². The molecule has 2 amide bonds. The lowest BCUT2D eigenvalue weighted by atomic mass is 10.1. The monoisotopic (exact) mass is 334 g/mol. The lowest BCUT2D eigenvalue weighted by molar-refractivity contribution is -0.141. The minimum atomic E-state index is -0.509. The number of carbonyl (C=O) groups excluding carboxylic acids is 2. The SMILES string of the molecule is CC/C=C(\C)C(=O)N1CSC[C@H]1C(=O)N(CCC#N)CCC#N. The number of thioether (sulfide) groups is 1. The minimum absolute atomic E-state index is 0.115. The van der Waals surface area contributed by atoms with Crippen molar-refractivity contribution < 1.29 is 9.59 Å². The Balaban J connectivity index is 2.85. The number of nitriles is 2. The first kappa shape index (κ1) is 19.1. The first-order valence-electron chi connectivity index (χ1n) is 7.64. The molecule has 0 radical (unpaired) electrons. The minimum Gasteiger partial charge on any atom is -0.339 e. The fraction of sp³-hybridized carbons (Fsp3) is 0.625. The number of hydrogen-bond donors (Lipinski definition) is 0. The zero-order valence-electron chi connectivity index (χ0n) is 13.6. The number of allylic oxidation sites excluding steroid dienone is 1. The average Bonchev–Trinajstić information content (AvgIpc) is 3.03. The van der Waals surface area contributed by atoms with Crippen molar-refractivity contribution in [2.45, 2.75) is 39.2 Å². The van der Waals surface area contributed by atoms with Gasteiger partial charge in [0.25, 0.3) is 5.91 Å². The Labute approximate surface area is 141 Å². The van der Waals surface area contributed by atoms with Crippen molar-refractivity contribution in [1.29, 1.82) is 10.5 Å². The topological polar surface area (TPSA) is 88.2 Å². The Morgan fingerprint density at radius 3 is 2.43 bits per heavy atom. The highest BCUT2D eigenvalue weighted by atomic mass is 32.2. The standard InChI is InChI=1S/C16H22N4O2S/c1-3-6-13(2)15(21)20-12-23-11-14(20)16(22)19(9-4-7-17)10-5-8-18/h6,14H,3-5,9-12H2,1-2H3/b13-6+/t14-/m0/s1. The van der Waals surface area contributed by atoms with Crippen molar-refractivity contribution >= 4 is 23.6 Å². The predicted octanol–water partition coefficient (Wildman–Crippen LogP) is 1.90. The van der Waals surface area contributed by atoms with Gasteiger partial charge in [0.2, 0.25) is 5.91 Å². The molecule has 1 aliphatic heterocycles. The first-order valence-corrected chi connectivity index (χ1v) is 8.80. The Hall–Kier alpha value is -1.99. The van der Waals surface area contributed by atoms with Crippen LogP contribution in [0.4, 0.5) is 0 Å². The number of amides is 2. The van der Waals surface area contributed by atoms with E-state index in [-0.39, 0.29) is 24.7 Å². The van der Waals surface area contributed by atoms with Gasteiger partial charge in [0, 0.05) is 24.4 Å². The van der Waals surface area contributed by atoms with Crippen LogP contribution in [0.2, 0.25) is 0 Å². The van der Waals surface area contributed by atoms with Gasteiger partial charge in [-0.15, -0.1) is 11.8 Å². The number of carbonyl (C=O) groups is 2. The summed E-state index contributed by atoms with van der Waals surface area (Å²) in [6, 6.07) is 3.53. The van der Waals surface area contributed by atoms with Crippen LogP contribution >= 0.6 is 11.8 Å². The van der Waals surface area contributed by atoms with Crippen molar-refractivity contribution in [2.24, 2.45) is 0 Å². The number of nitrogens with zero attached hydrogens (tertiary/aromatic N) is 4. The fourth-order valence-electron chi connectivity index (χ4n) is 2.38. The fourth-order valence-corrected chi connectivity index (χ4v) is 3.53. The summed E-state index contributed by atoms with van der Waals surface area (Å²) in [5, 5.41) is 17.5. The van der Waals surface area contributed by atoms with Crippen LogP contribution in [0.5, 0.6) is 0 Å². The molecule has 0 unspecified atom stereocenters. The van der Waals surface area contributed by atoms with Gasteiger partial charge >= 0.3 is 0 Å². The second kappa shape index (κ2) is 9.91. The van der Waals surface area contributed by atoms with Crippen LogP contribution in [-0.4, -0.2) is 52.4 Å². The van der Waals surface area contributed by atoms with E-state index in [0.29, 0.717) is 30.3 Å². The van der Waals surface area contributed by atoms with Gasteiger partial charge in [-0.3, -0.25) is 9.59 Å². The second-order valence-electron chi connectivity index (χ2n) is 5.23. The zero-order valence-corrected chi connectivity index (χ0v) is 14.4. The van der Waals surface area contributed by atoms with Crippen LogP contribution in [0, 0.1) is 22.7 Å². The van der Waals surface area contributed by atoms with Gasteiger partial charge in [-0.2, -0.15) is 10.5 Å². The highest BCUT2D eigenvalue weighted by Gasteiger charge is 2.37. The summed E-state index contributed by atoms with van der Waals surface area (Å²) in [6.07, 6.45) is 3.07. The predicted molar refractivity (Wildman–Crippen MR) is 89.0 cm³/mol. The van der Waals surface area contributed by atoms with E-state index in [9.17, 15) is 9.59 Å². The van der Waals surface area contributed by atoms with E-state index in [0.717, 1.165) is 6.42 Å². The Bertz CT molecular complexity index is 529. The number of rotatable bonds is 7. The number of hydrogen-bond acceptors (Lipinski definition) is 5. The van der Waals surface area contributed by atoms with Gasteiger partial charge in [-0.05, 0) is 13.3 Å². The average molecular weight is 334 g/mol. The molecule has 0 aliphatic carbocycles. The third-order valence-corrected chi connectivity index (χ3v) is 4.59. The summed E-state index contributed by atoms with van der Waals surface area (Å²) in [5.74, 6) is 0.766. The molecule has 0 saturated carbocycles. The molecule has 0 aromatic heterocycles. The Morgan fingerprint density at radius 1 is 1.30 bits per heavy atom.